The Labute approximate surface area is 161 Å². The normalized spacial score (nSPS) is 22.9. The highest BCUT2D eigenvalue weighted by Gasteiger charge is 2.46. The van der Waals surface area contributed by atoms with Crippen LogP contribution in [0.2, 0.25) is 0 Å². The maximum atomic E-state index is 12.9. The van der Waals surface area contributed by atoms with E-state index in [4.69, 9.17) is 0 Å². The van der Waals surface area contributed by atoms with Crippen LogP contribution in [-0.4, -0.2) is 11.6 Å². The third-order valence-electron chi connectivity index (χ3n) is 6.02. The SMILES string of the molecule is CC(C)(C)C1(NC(=O)Cc2ccc3ccccc3c2)C=C(C2CCC2)NN1. The number of allylic oxidation sites excluding steroid dienone is 1. The summed E-state index contributed by atoms with van der Waals surface area (Å²) in [5.41, 5.74) is 8.24. The molecule has 1 atom stereocenters. The van der Waals surface area contributed by atoms with Crippen LogP contribution in [0.25, 0.3) is 10.8 Å². The summed E-state index contributed by atoms with van der Waals surface area (Å²) in [4.78, 5) is 12.9. The Bertz CT molecular complexity index is 892. The molecule has 1 amide bonds. The molecule has 1 saturated carbocycles. The standard InChI is InChI=1S/C23H29N3O/c1-22(2,3)23(15-20(25-26-23)18-9-6-10-18)24-21(27)14-16-11-12-17-7-4-5-8-19(17)13-16/h4-5,7-8,11-13,15,18,25-26H,6,9-10,14H2,1-3H3,(H,24,27). The van der Waals surface area contributed by atoms with Crippen LogP contribution in [0, 0.1) is 11.3 Å². The molecule has 27 heavy (non-hydrogen) atoms. The van der Waals surface area contributed by atoms with Gasteiger partial charge in [0, 0.05) is 11.1 Å². The number of nitrogens with one attached hydrogen (secondary N) is 3. The van der Waals surface area contributed by atoms with Gasteiger partial charge in [0.15, 0.2) is 0 Å². The summed E-state index contributed by atoms with van der Waals surface area (Å²) in [5, 5.41) is 5.64. The third kappa shape index (κ3) is 3.46. The summed E-state index contributed by atoms with van der Waals surface area (Å²) in [7, 11) is 0. The van der Waals surface area contributed by atoms with Crippen molar-refractivity contribution in [3.8, 4) is 0 Å². The molecule has 1 fully saturated rings. The molecule has 2 aromatic carbocycles. The van der Waals surface area contributed by atoms with Gasteiger partial charge in [0.05, 0.1) is 6.42 Å². The second kappa shape index (κ2) is 6.68. The van der Waals surface area contributed by atoms with Gasteiger partial charge in [-0.2, -0.15) is 0 Å². The number of amides is 1. The van der Waals surface area contributed by atoms with E-state index >= 15 is 0 Å². The Morgan fingerprint density at radius 2 is 1.89 bits per heavy atom. The first-order chi connectivity index (χ1) is 12.9. The molecule has 1 heterocycles. The number of hydrogen-bond donors (Lipinski definition) is 3. The van der Waals surface area contributed by atoms with Crippen molar-refractivity contribution < 1.29 is 4.79 Å². The van der Waals surface area contributed by atoms with Gasteiger partial charge in [-0.25, -0.2) is 5.43 Å². The summed E-state index contributed by atoms with van der Waals surface area (Å²) in [5.74, 6) is 0.625. The van der Waals surface area contributed by atoms with Crippen LogP contribution in [0.5, 0.6) is 0 Å². The molecule has 142 valence electrons. The Morgan fingerprint density at radius 3 is 2.56 bits per heavy atom. The maximum Gasteiger partial charge on any atom is 0.226 e. The Kier molecular flexibility index (Phi) is 4.47. The van der Waals surface area contributed by atoms with E-state index < -0.39 is 5.66 Å². The predicted octanol–water partition coefficient (Wildman–Crippen LogP) is 4.03. The molecule has 3 N–H and O–H groups in total. The molecule has 1 aliphatic heterocycles. The lowest BCUT2D eigenvalue weighted by molar-refractivity contribution is -0.123. The van der Waals surface area contributed by atoms with Crippen molar-refractivity contribution in [1.29, 1.82) is 0 Å². The zero-order valence-electron chi connectivity index (χ0n) is 16.4. The molecule has 1 aliphatic carbocycles. The second-order valence-corrected chi connectivity index (χ2v) is 8.94. The molecule has 4 rings (SSSR count). The zero-order valence-corrected chi connectivity index (χ0v) is 16.4. The fraction of sp³-hybridized carbons (Fsp3) is 0.435. The number of benzene rings is 2. The molecular weight excluding hydrogens is 334 g/mol. The second-order valence-electron chi connectivity index (χ2n) is 8.94. The zero-order chi connectivity index (χ0) is 19.1. The number of carbonyl (C=O) groups excluding carboxylic acids is 1. The molecule has 2 aromatic rings. The van der Waals surface area contributed by atoms with E-state index in [1.165, 1.54) is 35.7 Å². The minimum atomic E-state index is -0.578. The molecule has 1 unspecified atom stereocenters. The highest BCUT2D eigenvalue weighted by Crippen LogP contribution is 2.38. The Hall–Kier alpha value is -2.33. The molecule has 0 radical (unpaired) electrons. The van der Waals surface area contributed by atoms with E-state index in [1.807, 2.05) is 18.2 Å². The van der Waals surface area contributed by atoms with Crippen molar-refractivity contribution in [2.75, 3.05) is 0 Å². The van der Waals surface area contributed by atoms with Crippen LogP contribution in [0.15, 0.2) is 54.2 Å². The van der Waals surface area contributed by atoms with Crippen molar-refractivity contribution in [3.63, 3.8) is 0 Å². The third-order valence-corrected chi connectivity index (χ3v) is 6.02. The van der Waals surface area contributed by atoms with E-state index in [9.17, 15) is 4.79 Å². The summed E-state index contributed by atoms with van der Waals surface area (Å²) in [6, 6.07) is 14.5. The first-order valence-corrected chi connectivity index (χ1v) is 9.91. The molecule has 2 aliphatic rings. The monoisotopic (exact) mass is 363 g/mol. The van der Waals surface area contributed by atoms with Crippen molar-refractivity contribution >= 4 is 16.7 Å². The largest absolute Gasteiger partial charge is 0.332 e. The lowest BCUT2D eigenvalue weighted by atomic mass is 9.77. The summed E-state index contributed by atoms with van der Waals surface area (Å²) in [6.07, 6.45) is 6.32. The van der Waals surface area contributed by atoms with Gasteiger partial charge in [-0.05, 0) is 41.2 Å². The van der Waals surface area contributed by atoms with Gasteiger partial charge in [-0.1, -0.05) is 69.7 Å². The highest BCUT2D eigenvalue weighted by molar-refractivity contribution is 5.85. The lowest BCUT2D eigenvalue weighted by Gasteiger charge is -2.40. The minimum Gasteiger partial charge on any atom is -0.332 e. The molecule has 4 heteroatoms. The van der Waals surface area contributed by atoms with Gasteiger partial charge >= 0.3 is 0 Å². The van der Waals surface area contributed by atoms with Gasteiger partial charge in [0.25, 0.3) is 0 Å². The number of hydrogen-bond acceptors (Lipinski definition) is 3. The summed E-state index contributed by atoms with van der Waals surface area (Å²) >= 11 is 0. The van der Waals surface area contributed by atoms with Crippen LogP contribution < -0.4 is 16.2 Å². The van der Waals surface area contributed by atoms with Gasteiger partial charge in [-0.3, -0.25) is 4.79 Å². The van der Waals surface area contributed by atoms with Crippen LogP contribution in [0.3, 0.4) is 0 Å². The average Bonchev–Trinajstić information content (AvgIpc) is 2.97. The van der Waals surface area contributed by atoms with E-state index in [0.29, 0.717) is 12.3 Å². The first-order valence-electron chi connectivity index (χ1n) is 9.91. The Balaban J connectivity index is 1.52. The molecular formula is C23H29N3O. The number of hydrazine groups is 1. The number of fused-ring (bicyclic) bond motifs is 1. The van der Waals surface area contributed by atoms with Gasteiger partial charge in [0.2, 0.25) is 5.91 Å². The van der Waals surface area contributed by atoms with E-state index in [2.05, 4.69) is 67.3 Å². The summed E-state index contributed by atoms with van der Waals surface area (Å²) in [6.45, 7) is 6.45. The van der Waals surface area contributed by atoms with Gasteiger partial charge < -0.3 is 10.7 Å². The predicted molar refractivity (Wildman–Crippen MR) is 110 cm³/mol. The van der Waals surface area contributed by atoms with Crippen LogP contribution in [-0.2, 0) is 11.2 Å². The van der Waals surface area contributed by atoms with Crippen molar-refractivity contribution in [3.05, 3.63) is 59.8 Å². The topological polar surface area (TPSA) is 53.2 Å². The van der Waals surface area contributed by atoms with Gasteiger partial charge in [-0.15, -0.1) is 0 Å². The smallest absolute Gasteiger partial charge is 0.226 e. The maximum absolute atomic E-state index is 12.9. The van der Waals surface area contributed by atoms with Crippen LogP contribution in [0.1, 0.15) is 45.6 Å². The number of rotatable bonds is 4. The molecule has 4 nitrogen and oxygen atoms in total. The highest BCUT2D eigenvalue weighted by atomic mass is 16.2. The fourth-order valence-corrected chi connectivity index (χ4v) is 3.87. The minimum absolute atomic E-state index is 0.0283. The van der Waals surface area contributed by atoms with Crippen LogP contribution >= 0.6 is 0 Å². The fourth-order valence-electron chi connectivity index (χ4n) is 3.87. The first kappa shape index (κ1) is 18.1. The lowest BCUT2D eigenvalue weighted by Crippen LogP contribution is -2.65. The molecule has 0 bridgehead atoms. The van der Waals surface area contributed by atoms with Crippen molar-refractivity contribution in [2.45, 2.75) is 52.1 Å². The van der Waals surface area contributed by atoms with Crippen molar-refractivity contribution in [2.24, 2.45) is 11.3 Å². The van der Waals surface area contributed by atoms with E-state index in [-0.39, 0.29) is 11.3 Å². The molecule has 0 spiro atoms. The molecule has 0 saturated heterocycles. The molecule has 0 aromatic heterocycles. The van der Waals surface area contributed by atoms with E-state index in [0.717, 1.165) is 5.56 Å². The summed E-state index contributed by atoms with van der Waals surface area (Å²) < 4.78 is 0. The van der Waals surface area contributed by atoms with Crippen LogP contribution in [0.4, 0.5) is 0 Å². The van der Waals surface area contributed by atoms with Crippen molar-refractivity contribution in [1.82, 2.24) is 16.2 Å². The number of carbonyl (C=O) groups is 1. The Morgan fingerprint density at radius 1 is 1.15 bits per heavy atom. The average molecular weight is 364 g/mol. The van der Waals surface area contributed by atoms with Gasteiger partial charge in [0.1, 0.15) is 5.66 Å². The quantitative estimate of drug-likeness (QED) is 0.769. The van der Waals surface area contributed by atoms with E-state index in [1.54, 1.807) is 0 Å².